The Morgan fingerprint density at radius 2 is 1.75 bits per heavy atom. The van der Waals surface area contributed by atoms with E-state index in [9.17, 15) is 4.79 Å². The minimum Gasteiger partial charge on any atom is -0.495 e. The number of aromatic nitrogens is 2. The minimum atomic E-state index is -0.170. The summed E-state index contributed by atoms with van der Waals surface area (Å²) in [7, 11) is 1.58. The molecule has 0 aliphatic carbocycles. The van der Waals surface area contributed by atoms with E-state index in [0.29, 0.717) is 25.7 Å². The largest absolute Gasteiger partial charge is 0.495 e. The Bertz CT molecular complexity index is 1470. The fraction of sp³-hybridized carbons (Fsp3) is 0.107. The van der Waals surface area contributed by atoms with Crippen LogP contribution in [0.3, 0.4) is 0 Å². The summed E-state index contributed by atoms with van der Waals surface area (Å²) in [5, 5.41) is 5.33. The van der Waals surface area contributed by atoms with Crippen molar-refractivity contribution in [3.05, 3.63) is 106 Å². The van der Waals surface area contributed by atoms with Gasteiger partial charge < -0.3 is 4.74 Å². The highest BCUT2D eigenvalue weighted by molar-refractivity contribution is 8.26. The summed E-state index contributed by atoms with van der Waals surface area (Å²) in [6.45, 7) is 1.99. The highest BCUT2D eigenvalue weighted by atomic mass is 35.5. The lowest BCUT2D eigenvalue weighted by atomic mass is 10.1. The molecule has 3 aromatic carbocycles. The van der Waals surface area contributed by atoms with Crippen LogP contribution in [-0.2, 0) is 4.79 Å². The SMILES string of the molecule is COc1ccc(-c2nn(-c3ccccc3)cc2/C=C2\SC(=S)N(C(C)c3ccccc3)C2=O)cc1Cl. The lowest BCUT2D eigenvalue weighted by Crippen LogP contribution is -2.30. The average Bonchev–Trinajstić information content (AvgIpc) is 3.45. The van der Waals surface area contributed by atoms with Crippen LogP contribution in [0.4, 0.5) is 0 Å². The van der Waals surface area contributed by atoms with Crippen LogP contribution in [-0.4, -0.2) is 32.0 Å². The van der Waals surface area contributed by atoms with Crippen molar-refractivity contribution in [2.24, 2.45) is 0 Å². The zero-order valence-corrected chi connectivity index (χ0v) is 22.0. The van der Waals surface area contributed by atoms with E-state index < -0.39 is 0 Å². The second-order valence-electron chi connectivity index (χ2n) is 8.20. The van der Waals surface area contributed by atoms with Gasteiger partial charge in [0.25, 0.3) is 5.91 Å². The maximum atomic E-state index is 13.5. The number of rotatable bonds is 6. The summed E-state index contributed by atoms with van der Waals surface area (Å²) < 4.78 is 7.64. The highest BCUT2D eigenvalue weighted by Gasteiger charge is 2.36. The number of hydrogen-bond donors (Lipinski definition) is 0. The molecule has 1 saturated heterocycles. The van der Waals surface area contributed by atoms with Gasteiger partial charge in [0.2, 0.25) is 0 Å². The maximum absolute atomic E-state index is 13.5. The van der Waals surface area contributed by atoms with Crippen LogP contribution in [0.15, 0.2) is 90.0 Å². The number of halogens is 1. The molecule has 1 fully saturated rings. The molecular weight excluding hydrogens is 510 g/mol. The van der Waals surface area contributed by atoms with Crippen LogP contribution in [0.25, 0.3) is 23.0 Å². The molecule has 0 radical (unpaired) electrons. The molecule has 1 aromatic heterocycles. The van der Waals surface area contributed by atoms with E-state index >= 15 is 0 Å². The second-order valence-corrected chi connectivity index (χ2v) is 10.3. The third kappa shape index (κ3) is 4.69. The van der Waals surface area contributed by atoms with Crippen LogP contribution in [0.1, 0.15) is 24.1 Å². The van der Waals surface area contributed by atoms with E-state index in [1.165, 1.54) is 11.8 Å². The highest BCUT2D eigenvalue weighted by Crippen LogP contribution is 2.39. The van der Waals surface area contributed by atoms with Crippen molar-refractivity contribution in [2.45, 2.75) is 13.0 Å². The van der Waals surface area contributed by atoms with Crippen molar-refractivity contribution in [3.63, 3.8) is 0 Å². The second kappa shape index (κ2) is 10.3. The van der Waals surface area contributed by atoms with Crippen molar-refractivity contribution < 1.29 is 9.53 Å². The van der Waals surface area contributed by atoms with Crippen LogP contribution >= 0.6 is 35.6 Å². The number of carbonyl (C=O) groups is 1. The normalized spacial score (nSPS) is 15.5. The molecule has 180 valence electrons. The Kier molecular flexibility index (Phi) is 6.96. The molecular formula is C28H22ClN3O2S2. The molecule has 5 nitrogen and oxygen atoms in total. The molecule has 4 aromatic rings. The van der Waals surface area contributed by atoms with E-state index in [0.717, 1.165) is 22.4 Å². The van der Waals surface area contributed by atoms with Gasteiger partial charge in [-0.2, -0.15) is 5.10 Å². The predicted octanol–water partition coefficient (Wildman–Crippen LogP) is 7.16. The Morgan fingerprint density at radius 3 is 2.42 bits per heavy atom. The van der Waals surface area contributed by atoms with Gasteiger partial charge in [-0.25, -0.2) is 4.68 Å². The van der Waals surface area contributed by atoms with Gasteiger partial charge >= 0.3 is 0 Å². The number of methoxy groups -OCH3 is 1. The Hall–Kier alpha value is -3.39. The number of hydrogen-bond acceptors (Lipinski definition) is 5. The number of ether oxygens (including phenoxy) is 1. The quantitative estimate of drug-likeness (QED) is 0.195. The summed E-state index contributed by atoms with van der Waals surface area (Å²) in [4.78, 5) is 15.7. The summed E-state index contributed by atoms with van der Waals surface area (Å²) in [5.41, 5.74) is 4.23. The molecule has 2 heterocycles. The van der Waals surface area contributed by atoms with E-state index in [-0.39, 0.29) is 11.9 Å². The van der Waals surface area contributed by atoms with Crippen molar-refractivity contribution in [2.75, 3.05) is 7.11 Å². The van der Waals surface area contributed by atoms with Gasteiger partial charge in [-0.3, -0.25) is 9.69 Å². The predicted molar refractivity (Wildman–Crippen MR) is 150 cm³/mol. The number of para-hydroxylation sites is 1. The van der Waals surface area contributed by atoms with Crippen molar-refractivity contribution in [3.8, 4) is 22.7 Å². The number of benzene rings is 3. The van der Waals surface area contributed by atoms with Crippen LogP contribution in [0.2, 0.25) is 5.02 Å². The number of amides is 1. The number of nitrogens with zero attached hydrogens (tertiary/aromatic N) is 3. The van der Waals surface area contributed by atoms with E-state index in [1.807, 2.05) is 98.1 Å². The molecule has 1 amide bonds. The monoisotopic (exact) mass is 531 g/mol. The summed E-state index contributed by atoms with van der Waals surface area (Å²) >= 11 is 13.3. The lowest BCUT2D eigenvalue weighted by Gasteiger charge is -2.23. The van der Waals surface area contributed by atoms with Gasteiger partial charge in [0.15, 0.2) is 0 Å². The average molecular weight is 532 g/mol. The maximum Gasteiger partial charge on any atom is 0.266 e. The molecule has 5 rings (SSSR count). The third-order valence-electron chi connectivity index (χ3n) is 5.97. The van der Waals surface area contributed by atoms with E-state index in [4.69, 9.17) is 33.7 Å². The van der Waals surface area contributed by atoms with Crippen molar-refractivity contribution in [1.82, 2.24) is 14.7 Å². The number of carbonyl (C=O) groups excluding carboxylic acids is 1. The van der Waals surface area contributed by atoms with Gasteiger partial charge in [-0.1, -0.05) is 84.1 Å². The number of thioether (sulfide) groups is 1. The van der Waals surface area contributed by atoms with Crippen molar-refractivity contribution >= 4 is 51.9 Å². The first-order valence-corrected chi connectivity index (χ1v) is 12.9. The molecule has 0 spiro atoms. The van der Waals surface area contributed by atoms with Crippen LogP contribution in [0.5, 0.6) is 5.75 Å². The first kappa shape index (κ1) is 24.3. The molecule has 36 heavy (non-hydrogen) atoms. The summed E-state index contributed by atoms with van der Waals surface area (Å²) in [6.07, 6.45) is 3.77. The molecule has 1 aliphatic heterocycles. The third-order valence-corrected chi connectivity index (χ3v) is 7.59. The van der Waals surface area contributed by atoms with Gasteiger partial charge in [0, 0.05) is 17.3 Å². The minimum absolute atomic E-state index is 0.118. The molecule has 1 unspecified atom stereocenters. The Balaban J connectivity index is 1.56. The van der Waals surface area contributed by atoms with Gasteiger partial charge in [-0.15, -0.1) is 0 Å². The van der Waals surface area contributed by atoms with Crippen LogP contribution in [0, 0.1) is 0 Å². The van der Waals surface area contributed by atoms with Gasteiger partial charge in [-0.05, 0) is 48.9 Å². The number of thiocarbonyl (C=S) groups is 1. The topological polar surface area (TPSA) is 47.4 Å². The standard InChI is InChI=1S/C28H22ClN3O2S2/c1-18(19-9-5-3-6-10-19)32-27(33)25(36-28(32)35)16-21-17-31(22-11-7-4-8-12-22)30-26(21)20-13-14-24(34-2)23(29)15-20/h3-18H,1-2H3/b25-16-. The Labute approximate surface area is 224 Å². The van der Waals surface area contributed by atoms with E-state index in [2.05, 4.69) is 0 Å². The lowest BCUT2D eigenvalue weighted by molar-refractivity contribution is -0.123. The molecule has 8 heteroatoms. The van der Waals surface area contributed by atoms with Crippen molar-refractivity contribution in [1.29, 1.82) is 0 Å². The zero-order valence-electron chi connectivity index (χ0n) is 19.6. The molecule has 0 N–H and O–H groups in total. The first-order chi connectivity index (χ1) is 17.5. The summed E-state index contributed by atoms with van der Waals surface area (Å²) in [5.74, 6) is 0.466. The summed E-state index contributed by atoms with van der Waals surface area (Å²) in [6, 6.07) is 25.1. The fourth-order valence-electron chi connectivity index (χ4n) is 4.08. The Morgan fingerprint density at radius 1 is 1.06 bits per heavy atom. The first-order valence-electron chi connectivity index (χ1n) is 11.3. The fourth-order valence-corrected chi connectivity index (χ4v) is 5.75. The molecule has 0 bridgehead atoms. The van der Waals surface area contributed by atoms with E-state index in [1.54, 1.807) is 16.7 Å². The van der Waals surface area contributed by atoms with Gasteiger partial charge in [0.05, 0.1) is 28.8 Å². The van der Waals surface area contributed by atoms with Gasteiger partial charge in [0.1, 0.15) is 15.8 Å². The molecule has 0 saturated carbocycles. The molecule has 1 atom stereocenters. The zero-order chi connectivity index (χ0) is 25.2. The van der Waals surface area contributed by atoms with Crippen LogP contribution < -0.4 is 4.74 Å². The smallest absolute Gasteiger partial charge is 0.266 e. The molecule has 1 aliphatic rings.